The fourth-order valence-corrected chi connectivity index (χ4v) is 4.82. The molecular weight excluding hydrogens is 548 g/mol. The number of aliphatic imine (C=N–C) groups is 1. The van der Waals surface area contributed by atoms with E-state index in [9.17, 15) is 10.3 Å². The van der Waals surface area contributed by atoms with Crippen molar-refractivity contribution < 1.29 is 24.1 Å². The molecule has 11 nitrogen and oxygen atoms in total. The first-order valence-electron chi connectivity index (χ1n) is 14.2. The third kappa shape index (κ3) is 7.52. The molecule has 43 heavy (non-hydrogen) atoms. The summed E-state index contributed by atoms with van der Waals surface area (Å²) in [6.07, 6.45) is 1.99. The molecule has 1 aliphatic rings. The summed E-state index contributed by atoms with van der Waals surface area (Å²) >= 11 is 0. The van der Waals surface area contributed by atoms with Gasteiger partial charge in [-0.2, -0.15) is 0 Å². The lowest BCUT2D eigenvalue weighted by Gasteiger charge is -2.30. The standard InChI is InChI=1S/C32H36N6O5/c1-3-19-32(31(40)37-34-20-18-23-10-5-8-13-28(23)41-4-2)29(26-11-6-7-12-27(26)36-38-33)43-30(35-32)24-14-16-25(17-15-24)42-22-9-21-39/h3,5-8,10-17,29,34,39H,1,4,9,18-22H2,2H3,(H,37,40)/t29-,32-/m0/s1. The number of carbonyl (C=O) groups is 1. The quantitative estimate of drug-likeness (QED) is 0.0506. The van der Waals surface area contributed by atoms with E-state index >= 15 is 0 Å². The molecule has 0 bridgehead atoms. The Morgan fingerprint density at radius 2 is 1.93 bits per heavy atom. The van der Waals surface area contributed by atoms with E-state index in [1.807, 2.05) is 31.2 Å². The molecule has 0 fully saturated rings. The number of ether oxygens (including phenoxy) is 3. The van der Waals surface area contributed by atoms with Crippen LogP contribution in [0.2, 0.25) is 0 Å². The Bertz CT molecular complexity index is 1470. The highest BCUT2D eigenvalue weighted by Gasteiger charge is 2.53. The molecule has 0 unspecified atom stereocenters. The molecule has 3 aromatic carbocycles. The lowest BCUT2D eigenvalue weighted by molar-refractivity contribution is -0.129. The highest BCUT2D eigenvalue weighted by atomic mass is 16.5. The molecule has 0 radical (unpaired) electrons. The first-order chi connectivity index (χ1) is 21.1. The first kappa shape index (κ1) is 31.1. The van der Waals surface area contributed by atoms with E-state index in [2.05, 4.69) is 27.5 Å². The minimum Gasteiger partial charge on any atom is -0.494 e. The Balaban J connectivity index is 1.61. The number of aliphatic hydroxyl groups is 1. The highest BCUT2D eigenvalue weighted by Crippen LogP contribution is 2.45. The number of aliphatic hydroxyl groups excluding tert-OH is 1. The van der Waals surface area contributed by atoms with Crippen LogP contribution in [0.4, 0.5) is 5.69 Å². The van der Waals surface area contributed by atoms with Crippen molar-refractivity contribution in [3.05, 3.63) is 113 Å². The van der Waals surface area contributed by atoms with Gasteiger partial charge >= 0.3 is 0 Å². The smallest absolute Gasteiger partial charge is 0.266 e. The van der Waals surface area contributed by atoms with Gasteiger partial charge in [-0.15, -0.1) is 6.58 Å². The van der Waals surface area contributed by atoms with Gasteiger partial charge in [-0.1, -0.05) is 53.7 Å². The van der Waals surface area contributed by atoms with Gasteiger partial charge in [-0.25, -0.2) is 10.4 Å². The predicted molar refractivity (Wildman–Crippen MR) is 164 cm³/mol. The summed E-state index contributed by atoms with van der Waals surface area (Å²) in [7, 11) is 0. The van der Waals surface area contributed by atoms with E-state index in [0.717, 1.165) is 11.3 Å². The van der Waals surface area contributed by atoms with Crippen LogP contribution in [-0.2, 0) is 16.0 Å². The molecule has 0 saturated heterocycles. The number of amides is 1. The van der Waals surface area contributed by atoms with E-state index in [4.69, 9.17) is 24.3 Å². The number of hydrazine groups is 1. The Labute approximate surface area is 250 Å². The average molecular weight is 585 g/mol. The maximum atomic E-state index is 14.0. The topological polar surface area (TPSA) is 150 Å². The van der Waals surface area contributed by atoms with Gasteiger partial charge in [-0.05, 0) is 54.8 Å². The Hall–Kier alpha value is -4.83. The first-order valence-corrected chi connectivity index (χ1v) is 14.2. The van der Waals surface area contributed by atoms with Crippen molar-refractivity contribution in [1.82, 2.24) is 10.9 Å². The van der Waals surface area contributed by atoms with Gasteiger partial charge in [0.1, 0.15) is 11.5 Å². The number of nitrogens with zero attached hydrogens (tertiary/aromatic N) is 4. The number of benzene rings is 3. The molecule has 1 amide bonds. The van der Waals surface area contributed by atoms with Gasteiger partial charge < -0.3 is 19.3 Å². The fourth-order valence-electron chi connectivity index (χ4n) is 4.82. The summed E-state index contributed by atoms with van der Waals surface area (Å²) in [6.45, 7) is 7.26. The second-order valence-corrected chi connectivity index (χ2v) is 9.70. The van der Waals surface area contributed by atoms with Gasteiger partial charge in [0.25, 0.3) is 5.91 Å². The largest absolute Gasteiger partial charge is 0.494 e. The molecule has 0 spiro atoms. The fraction of sp³-hybridized carbons (Fsp3) is 0.312. The summed E-state index contributed by atoms with van der Waals surface area (Å²) in [6, 6.07) is 21.9. The third-order valence-electron chi connectivity index (χ3n) is 6.85. The minimum absolute atomic E-state index is 0.0459. The van der Waals surface area contributed by atoms with Crippen molar-refractivity contribution in [1.29, 1.82) is 0 Å². The molecule has 0 aliphatic carbocycles. The zero-order chi connectivity index (χ0) is 30.5. The van der Waals surface area contributed by atoms with Gasteiger partial charge in [-0.3, -0.25) is 10.2 Å². The molecular formula is C32H36N6O5. The van der Waals surface area contributed by atoms with Gasteiger partial charge in [0.2, 0.25) is 5.90 Å². The zero-order valence-electron chi connectivity index (χ0n) is 24.1. The van der Waals surface area contributed by atoms with Gasteiger partial charge in [0, 0.05) is 47.7 Å². The molecule has 11 heteroatoms. The highest BCUT2D eigenvalue weighted by molar-refractivity contribution is 6.01. The second kappa shape index (κ2) is 15.4. The third-order valence-corrected chi connectivity index (χ3v) is 6.85. The Kier molecular flexibility index (Phi) is 11.2. The van der Waals surface area contributed by atoms with Crippen molar-refractivity contribution in [2.75, 3.05) is 26.4 Å². The number of hydrogen-bond donors (Lipinski definition) is 3. The Morgan fingerprint density at radius 3 is 2.67 bits per heavy atom. The maximum Gasteiger partial charge on any atom is 0.266 e. The van der Waals surface area contributed by atoms with Crippen LogP contribution >= 0.6 is 0 Å². The molecule has 3 N–H and O–H groups in total. The van der Waals surface area contributed by atoms with Crippen molar-refractivity contribution in [2.24, 2.45) is 10.1 Å². The van der Waals surface area contributed by atoms with Crippen LogP contribution in [0.5, 0.6) is 11.5 Å². The van der Waals surface area contributed by atoms with Crippen LogP contribution in [0.1, 0.15) is 42.6 Å². The molecule has 2 atom stereocenters. The van der Waals surface area contributed by atoms with Crippen LogP contribution in [0, 0.1) is 0 Å². The van der Waals surface area contributed by atoms with E-state index < -0.39 is 17.6 Å². The lowest BCUT2D eigenvalue weighted by Crippen LogP contribution is -2.52. The number of carbonyl (C=O) groups excluding carboxylic acids is 1. The second-order valence-electron chi connectivity index (χ2n) is 9.70. The predicted octanol–water partition coefficient (Wildman–Crippen LogP) is 5.48. The van der Waals surface area contributed by atoms with Crippen molar-refractivity contribution in [3.8, 4) is 11.5 Å². The summed E-state index contributed by atoms with van der Waals surface area (Å²) in [5.74, 6) is 1.26. The summed E-state index contributed by atoms with van der Waals surface area (Å²) in [5, 5.41) is 12.8. The van der Waals surface area contributed by atoms with Crippen molar-refractivity contribution >= 4 is 17.5 Å². The monoisotopic (exact) mass is 584 g/mol. The normalized spacial score (nSPS) is 17.3. The van der Waals surface area contributed by atoms with Crippen LogP contribution < -0.4 is 20.3 Å². The SMILES string of the molecule is C=CC[C@]1(C(=O)NNCCc2ccccc2OCC)N=C(c2ccc(OCCCO)cc2)O[C@H]1c1ccccc1N=[N+]=[N-]. The van der Waals surface area contributed by atoms with Crippen LogP contribution in [0.3, 0.4) is 0 Å². The molecule has 1 aliphatic heterocycles. The summed E-state index contributed by atoms with van der Waals surface area (Å²) in [4.78, 5) is 21.8. The molecule has 4 rings (SSSR count). The van der Waals surface area contributed by atoms with Crippen molar-refractivity contribution in [2.45, 2.75) is 37.8 Å². The molecule has 1 heterocycles. The molecule has 0 aromatic heterocycles. The van der Waals surface area contributed by atoms with E-state index in [0.29, 0.717) is 55.2 Å². The number of hydrogen-bond acceptors (Lipinski definition) is 8. The Morgan fingerprint density at radius 1 is 1.16 bits per heavy atom. The number of para-hydroxylation sites is 1. The number of azide groups is 1. The number of nitrogens with one attached hydrogen (secondary N) is 2. The van der Waals surface area contributed by atoms with Gasteiger partial charge in [0.15, 0.2) is 11.6 Å². The zero-order valence-corrected chi connectivity index (χ0v) is 24.1. The van der Waals surface area contributed by atoms with Gasteiger partial charge in [0.05, 0.1) is 13.2 Å². The number of rotatable bonds is 16. The summed E-state index contributed by atoms with van der Waals surface area (Å²) < 4.78 is 17.8. The van der Waals surface area contributed by atoms with E-state index in [-0.39, 0.29) is 18.9 Å². The van der Waals surface area contributed by atoms with Crippen LogP contribution in [-0.4, -0.2) is 48.8 Å². The average Bonchev–Trinajstić information content (AvgIpc) is 3.41. The van der Waals surface area contributed by atoms with E-state index in [1.54, 1.807) is 54.6 Å². The van der Waals surface area contributed by atoms with Crippen LogP contribution in [0.15, 0.2) is 95.6 Å². The molecule has 0 saturated carbocycles. The molecule has 224 valence electrons. The maximum absolute atomic E-state index is 14.0. The minimum atomic E-state index is -1.45. The molecule has 3 aromatic rings. The lowest BCUT2D eigenvalue weighted by atomic mass is 9.84. The van der Waals surface area contributed by atoms with Crippen LogP contribution in [0.25, 0.3) is 10.4 Å². The van der Waals surface area contributed by atoms with Crippen molar-refractivity contribution in [3.63, 3.8) is 0 Å². The van der Waals surface area contributed by atoms with E-state index in [1.165, 1.54) is 0 Å². The summed E-state index contributed by atoms with van der Waals surface area (Å²) in [5.41, 5.74) is 16.1.